The van der Waals surface area contributed by atoms with Gasteiger partial charge in [0.25, 0.3) is 0 Å². The smallest absolute Gasteiger partial charge is 0.316 e. The SMILES string of the molecule is C=C1[C@H](CO[Si](C(C)C)(C(C)C)C(C)C)CC[C@]1(CC=O)C(=O)OC. The van der Waals surface area contributed by atoms with Gasteiger partial charge in [-0.05, 0) is 29.5 Å². The molecule has 0 spiro atoms. The first-order valence-electron chi connectivity index (χ1n) is 9.45. The topological polar surface area (TPSA) is 52.6 Å². The third-order valence-corrected chi connectivity index (χ3v) is 12.4. The van der Waals surface area contributed by atoms with Crippen LogP contribution in [0.3, 0.4) is 0 Å². The largest absolute Gasteiger partial charge is 0.468 e. The minimum Gasteiger partial charge on any atom is -0.468 e. The van der Waals surface area contributed by atoms with Crippen molar-refractivity contribution in [3.05, 3.63) is 12.2 Å². The van der Waals surface area contributed by atoms with Crippen LogP contribution < -0.4 is 0 Å². The Balaban J connectivity index is 2.99. The summed E-state index contributed by atoms with van der Waals surface area (Å²) in [5.41, 5.74) is 1.50. The maximum absolute atomic E-state index is 12.3. The summed E-state index contributed by atoms with van der Waals surface area (Å²) in [5, 5.41) is 0. The zero-order chi connectivity index (χ0) is 19.4. The molecule has 144 valence electrons. The molecule has 2 atom stereocenters. The Morgan fingerprint density at radius 2 is 1.76 bits per heavy atom. The first-order chi connectivity index (χ1) is 11.6. The summed E-state index contributed by atoms with van der Waals surface area (Å²) in [7, 11) is -0.577. The molecule has 5 heteroatoms. The summed E-state index contributed by atoms with van der Waals surface area (Å²) in [6, 6.07) is 0. The Bertz CT molecular complexity index is 476. The number of aldehydes is 1. The molecule has 0 aromatic rings. The van der Waals surface area contributed by atoms with Crippen molar-refractivity contribution in [1.82, 2.24) is 0 Å². The van der Waals surface area contributed by atoms with Crippen LogP contribution in [0.5, 0.6) is 0 Å². The molecule has 0 bridgehead atoms. The molecule has 1 aliphatic rings. The molecule has 0 aliphatic heterocycles. The number of rotatable bonds is 9. The van der Waals surface area contributed by atoms with Crippen LogP contribution in [0.1, 0.15) is 60.8 Å². The van der Waals surface area contributed by atoms with E-state index >= 15 is 0 Å². The van der Waals surface area contributed by atoms with Crippen LogP contribution in [0, 0.1) is 11.3 Å². The summed E-state index contributed by atoms with van der Waals surface area (Å²) in [6.07, 6.45) is 2.39. The minimum atomic E-state index is -1.95. The second kappa shape index (κ2) is 8.63. The second-order valence-corrected chi connectivity index (χ2v) is 13.8. The number of methoxy groups -OCH3 is 1. The maximum Gasteiger partial charge on any atom is 0.316 e. The van der Waals surface area contributed by atoms with E-state index in [4.69, 9.17) is 9.16 Å². The van der Waals surface area contributed by atoms with Gasteiger partial charge in [0, 0.05) is 18.9 Å². The summed E-state index contributed by atoms with van der Waals surface area (Å²) < 4.78 is 11.7. The highest BCUT2D eigenvalue weighted by molar-refractivity contribution is 6.77. The van der Waals surface area contributed by atoms with Gasteiger partial charge in [-0.25, -0.2) is 0 Å². The summed E-state index contributed by atoms with van der Waals surface area (Å²) in [4.78, 5) is 23.5. The van der Waals surface area contributed by atoms with Gasteiger partial charge in [-0.3, -0.25) is 4.79 Å². The molecule has 1 aliphatic carbocycles. The molecule has 0 heterocycles. The van der Waals surface area contributed by atoms with E-state index in [2.05, 4.69) is 48.1 Å². The van der Waals surface area contributed by atoms with Crippen molar-refractivity contribution in [3.63, 3.8) is 0 Å². The van der Waals surface area contributed by atoms with E-state index in [1.165, 1.54) is 7.11 Å². The maximum atomic E-state index is 12.3. The molecule has 1 rings (SSSR count). The van der Waals surface area contributed by atoms with Gasteiger partial charge in [0.1, 0.15) is 6.29 Å². The number of esters is 1. The highest BCUT2D eigenvalue weighted by atomic mass is 28.4. The Hall–Kier alpha value is -0.943. The van der Waals surface area contributed by atoms with Gasteiger partial charge in [0.05, 0.1) is 12.5 Å². The lowest BCUT2D eigenvalue weighted by Crippen LogP contribution is -2.48. The summed E-state index contributed by atoms with van der Waals surface area (Å²) in [6.45, 7) is 18.4. The van der Waals surface area contributed by atoms with E-state index < -0.39 is 13.7 Å². The Labute approximate surface area is 154 Å². The molecule has 0 aromatic carbocycles. The molecule has 4 nitrogen and oxygen atoms in total. The van der Waals surface area contributed by atoms with Crippen LogP contribution in [0.15, 0.2) is 12.2 Å². The molecule has 1 saturated carbocycles. The fourth-order valence-electron chi connectivity index (χ4n) is 4.96. The number of carbonyl (C=O) groups excluding carboxylic acids is 2. The lowest BCUT2D eigenvalue weighted by molar-refractivity contribution is -0.151. The lowest BCUT2D eigenvalue weighted by atomic mass is 9.79. The third kappa shape index (κ3) is 3.92. The highest BCUT2D eigenvalue weighted by Gasteiger charge is 2.51. The molecule has 1 fully saturated rings. The van der Waals surface area contributed by atoms with Gasteiger partial charge in [-0.2, -0.15) is 0 Å². The number of hydrogen-bond donors (Lipinski definition) is 0. The summed E-state index contributed by atoms with van der Waals surface area (Å²) in [5.74, 6) is -0.227. The van der Waals surface area contributed by atoms with Crippen molar-refractivity contribution in [2.24, 2.45) is 11.3 Å². The van der Waals surface area contributed by atoms with Gasteiger partial charge < -0.3 is 14.0 Å². The predicted molar refractivity (Wildman–Crippen MR) is 104 cm³/mol. The molecule has 0 radical (unpaired) electrons. The van der Waals surface area contributed by atoms with E-state index in [9.17, 15) is 9.59 Å². The van der Waals surface area contributed by atoms with Crippen LogP contribution in [-0.2, 0) is 18.8 Å². The summed E-state index contributed by atoms with van der Waals surface area (Å²) >= 11 is 0. The third-order valence-electron chi connectivity index (χ3n) is 6.28. The number of carbonyl (C=O) groups is 2. The molecule has 0 saturated heterocycles. The standard InChI is InChI=1S/C20H36O4Si/c1-14(2)25(15(3)4,16(5)6)24-13-18-9-10-20(11-12-21,17(18)7)19(22)23-8/h12,14-16,18H,7,9-11,13H2,1-6,8H3/t18-,20+/m0/s1. The molecular weight excluding hydrogens is 332 g/mol. The van der Waals surface area contributed by atoms with Crippen molar-refractivity contribution in [3.8, 4) is 0 Å². The van der Waals surface area contributed by atoms with E-state index in [1.54, 1.807) is 0 Å². The zero-order valence-corrected chi connectivity index (χ0v) is 18.1. The molecule has 0 N–H and O–H groups in total. The predicted octanol–water partition coefficient (Wildman–Crippen LogP) is 4.89. The lowest BCUT2D eigenvalue weighted by Gasteiger charge is -2.43. The first-order valence-corrected chi connectivity index (χ1v) is 11.6. The van der Waals surface area contributed by atoms with Crippen LogP contribution in [0.2, 0.25) is 16.6 Å². The van der Waals surface area contributed by atoms with Crippen LogP contribution in [0.25, 0.3) is 0 Å². The molecule has 0 unspecified atom stereocenters. The number of ether oxygens (including phenoxy) is 1. The Kier molecular flexibility index (Phi) is 7.63. The van der Waals surface area contributed by atoms with Crippen molar-refractivity contribution >= 4 is 20.6 Å². The van der Waals surface area contributed by atoms with Crippen LogP contribution in [-0.4, -0.2) is 34.3 Å². The van der Waals surface area contributed by atoms with E-state index in [-0.39, 0.29) is 18.3 Å². The molecule has 0 aromatic heterocycles. The van der Waals surface area contributed by atoms with Gasteiger partial charge in [0.15, 0.2) is 8.32 Å². The van der Waals surface area contributed by atoms with Gasteiger partial charge in [-0.1, -0.05) is 53.7 Å². The first kappa shape index (κ1) is 22.1. The highest BCUT2D eigenvalue weighted by Crippen LogP contribution is 2.50. The Morgan fingerprint density at radius 3 is 2.16 bits per heavy atom. The van der Waals surface area contributed by atoms with Crippen molar-refractivity contribution in [1.29, 1.82) is 0 Å². The van der Waals surface area contributed by atoms with Crippen molar-refractivity contribution < 1.29 is 18.8 Å². The monoisotopic (exact) mass is 368 g/mol. The second-order valence-electron chi connectivity index (χ2n) is 8.33. The minimum absolute atomic E-state index is 0.113. The quantitative estimate of drug-likeness (QED) is 0.251. The van der Waals surface area contributed by atoms with Crippen molar-refractivity contribution in [2.75, 3.05) is 13.7 Å². The van der Waals surface area contributed by atoms with Gasteiger partial charge in [0.2, 0.25) is 0 Å². The Morgan fingerprint density at radius 1 is 1.24 bits per heavy atom. The fourth-order valence-corrected chi connectivity index (χ4v) is 10.5. The average Bonchev–Trinajstić information content (AvgIpc) is 2.84. The molecular formula is C20H36O4Si. The normalized spacial score (nSPS) is 24.4. The number of hydrogen-bond acceptors (Lipinski definition) is 4. The van der Waals surface area contributed by atoms with Crippen LogP contribution in [0.4, 0.5) is 0 Å². The van der Waals surface area contributed by atoms with Crippen LogP contribution >= 0.6 is 0 Å². The van der Waals surface area contributed by atoms with E-state index in [0.29, 0.717) is 29.7 Å². The molecule has 25 heavy (non-hydrogen) atoms. The zero-order valence-electron chi connectivity index (χ0n) is 17.1. The average molecular weight is 369 g/mol. The molecule has 0 amide bonds. The van der Waals surface area contributed by atoms with Crippen molar-refractivity contribution in [2.45, 2.75) is 77.4 Å². The van der Waals surface area contributed by atoms with E-state index in [0.717, 1.165) is 18.3 Å². The van der Waals surface area contributed by atoms with E-state index in [1.807, 2.05) is 0 Å². The van der Waals surface area contributed by atoms with Gasteiger partial charge >= 0.3 is 5.97 Å². The fraction of sp³-hybridized carbons (Fsp3) is 0.800. The van der Waals surface area contributed by atoms with Gasteiger partial charge in [-0.15, -0.1) is 0 Å².